The highest BCUT2D eigenvalue weighted by Gasteiger charge is 2.29. The standard InChI is InChI=1S/C11H12N2O2/c1-5-7(13-2)4-3-6-8(5)9(12)11(15)10(6)14/h3-4,13H,1-2H3,(H3,12,14,15). The lowest BCUT2D eigenvalue weighted by Crippen LogP contribution is -2.01. The van der Waals surface area contributed by atoms with Crippen molar-refractivity contribution in [3.8, 4) is 0 Å². The Morgan fingerprint density at radius 3 is 2.67 bits per heavy atom. The molecule has 1 aromatic carbocycles. The molecule has 0 bridgehead atoms. The molecule has 1 aromatic rings. The van der Waals surface area contributed by atoms with Gasteiger partial charge in [0.1, 0.15) is 0 Å². The maximum Gasteiger partial charge on any atom is 0.230 e. The van der Waals surface area contributed by atoms with Crippen molar-refractivity contribution in [1.82, 2.24) is 0 Å². The molecule has 4 nitrogen and oxygen atoms in total. The van der Waals surface area contributed by atoms with Gasteiger partial charge in [0.25, 0.3) is 0 Å². The van der Waals surface area contributed by atoms with E-state index < -0.39 is 5.78 Å². The van der Waals surface area contributed by atoms with Crippen molar-refractivity contribution in [2.45, 2.75) is 6.92 Å². The Hall–Kier alpha value is -1.97. The zero-order chi connectivity index (χ0) is 11.2. The number of allylic oxidation sites excluding steroid dienone is 1. The Kier molecular flexibility index (Phi) is 1.93. The minimum atomic E-state index is -0.395. The van der Waals surface area contributed by atoms with Crippen molar-refractivity contribution >= 4 is 17.2 Å². The van der Waals surface area contributed by atoms with Gasteiger partial charge in [-0.25, -0.2) is 0 Å². The van der Waals surface area contributed by atoms with Gasteiger partial charge in [0.05, 0.1) is 5.70 Å². The van der Waals surface area contributed by atoms with E-state index in [1.165, 1.54) is 0 Å². The summed E-state index contributed by atoms with van der Waals surface area (Å²) in [5.41, 5.74) is 8.75. The quantitative estimate of drug-likeness (QED) is 0.646. The Bertz CT molecular complexity index is 490. The molecule has 1 aliphatic carbocycles. The molecule has 2 rings (SSSR count). The smallest absolute Gasteiger partial charge is 0.230 e. The average Bonchev–Trinajstić information content (AvgIpc) is 2.45. The molecule has 0 aromatic heterocycles. The van der Waals surface area contributed by atoms with E-state index in [2.05, 4.69) is 5.32 Å². The molecule has 4 heteroatoms. The van der Waals surface area contributed by atoms with Gasteiger partial charge in [-0.15, -0.1) is 0 Å². The van der Waals surface area contributed by atoms with Crippen molar-refractivity contribution in [2.24, 2.45) is 5.73 Å². The number of fused-ring (bicyclic) bond motifs is 1. The largest absolute Gasteiger partial charge is 0.503 e. The van der Waals surface area contributed by atoms with E-state index in [4.69, 9.17) is 5.73 Å². The summed E-state index contributed by atoms with van der Waals surface area (Å²) in [5.74, 6) is -0.741. The monoisotopic (exact) mass is 204 g/mol. The van der Waals surface area contributed by atoms with Crippen LogP contribution < -0.4 is 11.1 Å². The second-order valence-electron chi connectivity index (χ2n) is 3.50. The van der Waals surface area contributed by atoms with Crippen LogP contribution in [0.5, 0.6) is 0 Å². The van der Waals surface area contributed by atoms with Gasteiger partial charge >= 0.3 is 0 Å². The number of nitrogens with one attached hydrogen (secondary N) is 1. The Morgan fingerprint density at radius 1 is 1.40 bits per heavy atom. The summed E-state index contributed by atoms with van der Waals surface area (Å²) in [6.45, 7) is 1.86. The Balaban J connectivity index is 2.75. The number of anilines is 1. The van der Waals surface area contributed by atoms with Crippen LogP contribution in [0.4, 0.5) is 5.69 Å². The molecule has 1 aliphatic rings. The van der Waals surface area contributed by atoms with Crippen molar-refractivity contribution in [2.75, 3.05) is 12.4 Å². The summed E-state index contributed by atoms with van der Waals surface area (Å²) < 4.78 is 0. The molecule has 0 saturated heterocycles. The van der Waals surface area contributed by atoms with Crippen LogP contribution in [0.2, 0.25) is 0 Å². The lowest BCUT2D eigenvalue weighted by atomic mass is 10.0. The van der Waals surface area contributed by atoms with Gasteiger partial charge in [-0.2, -0.15) is 0 Å². The van der Waals surface area contributed by atoms with E-state index in [0.717, 1.165) is 11.3 Å². The van der Waals surface area contributed by atoms with Crippen LogP contribution in [0.3, 0.4) is 0 Å². The molecule has 0 amide bonds. The summed E-state index contributed by atoms with van der Waals surface area (Å²) >= 11 is 0. The minimum Gasteiger partial charge on any atom is -0.503 e. The van der Waals surface area contributed by atoms with Crippen LogP contribution in [0, 0.1) is 6.92 Å². The first-order valence-electron chi connectivity index (χ1n) is 4.63. The number of ketones is 1. The zero-order valence-electron chi connectivity index (χ0n) is 8.59. The fraction of sp³-hybridized carbons (Fsp3) is 0.182. The SMILES string of the molecule is CNc1ccc2c(c1C)C(N)=C(O)C2=O. The molecule has 0 saturated carbocycles. The van der Waals surface area contributed by atoms with Gasteiger partial charge in [-0.3, -0.25) is 4.79 Å². The van der Waals surface area contributed by atoms with Crippen LogP contribution in [0.1, 0.15) is 21.5 Å². The van der Waals surface area contributed by atoms with E-state index in [0.29, 0.717) is 11.1 Å². The summed E-state index contributed by atoms with van der Waals surface area (Å²) in [5, 5.41) is 12.5. The van der Waals surface area contributed by atoms with Gasteiger partial charge in [0.15, 0.2) is 5.76 Å². The number of carbonyl (C=O) groups excluding carboxylic acids is 1. The van der Waals surface area contributed by atoms with Gasteiger partial charge in [-0.1, -0.05) is 0 Å². The maximum atomic E-state index is 11.6. The highest BCUT2D eigenvalue weighted by Crippen LogP contribution is 2.34. The van der Waals surface area contributed by atoms with Crippen molar-refractivity contribution in [1.29, 1.82) is 0 Å². The van der Waals surface area contributed by atoms with E-state index in [9.17, 15) is 9.90 Å². The fourth-order valence-electron chi connectivity index (χ4n) is 1.89. The van der Waals surface area contributed by atoms with Gasteiger partial charge in [0, 0.05) is 23.9 Å². The van der Waals surface area contributed by atoms with Crippen molar-refractivity contribution < 1.29 is 9.90 Å². The average molecular weight is 204 g/mol. The number of benzene rings is 1. The summed E-state index contributed by atoms with van der Waals surface area (Å²) in [6, 6.07) is 3.48. The highest BCUT2D eigenvalue weighted by atomic mass is 16.3. The zero-order valence-corrected chi connectivity index (χ0v) is 8.59. The first-order valence-corrected chi connectivity index (χ1v) is 4.63. The molecule has 0 fully saturated rings. The highest BCUT2D eigenvalue weighted by molar-refractivity contribution is 6.19. The molecule has 0 aliphatic heterocycles. The summed E-state index contributed by atoms with van der Waals surface area (Å²) in [7, 11) is 1.80. The van der Waals surface area contributed by atoms with Crippen molar-refractivity contribution in [3.05, 3.63) is 34.6 Å². The Labute approximate surface area is 87.4 Å². The predicted octanol–water partition coefficient (Wildman–Crippen LogP) is 1.42. The van der Waals surface area contributed by atoms with Gasteiger partial charge < -0.3 is 16.2 Å². The third kappa shape index (κ3) is 1.11. The van der Waals surface area contributed by atoms with Crippen LogP contribution in [0.15, 0.2) is 17.9 Å². The molecule has 15 heavy (non-hydrogen) atoms. The van der Waals surface area contributed by atoms with Crippen LogP contribution in [-0.4, -0.2) is 17.9 Å². The maximum absolute atomic E-state index is 11.6. The van der Waals surface area contributed by atoms with Crippen molar-refractivity contribution in [3.63, 3.8) is 0 Å². The number of aliphatic hydroxyl groups is 1. The first-order chi connectivity index (χ1) is 7.07. The second kappa shape index (κ2) is 3.02. The van der Waals surface area contributed by atoms with Crippen LogP contribution in [-0.2, 0) is 0 Å². The lowest BCUT2D eigenvalue weighted by Gasteiger charge is -2.10. The number of carbonyl (C=O) groups is 1. The van der Waals surface area contributed by atoms with Gasteiger partial charge in [-0.05, 0) is 24.6 Å². The molecular formula is C11H12N2O2. The van der Waals surface area contributed by atoms with Crippen LogP contribution in [0.25, 0.3) is 5.70 Å². The number of Topliss-reactive ketones (excluding diaryl/α,β-unsaturated/α-hetero) is 1. The molecule has 78 valence electrons. The topological polar surface area (TPSA) is 75.3 Å². The number of aliphatic hydroxyl groups excluding tert-OH is 1. The number of hydrogen-bond donors (Lipinski definition) is 3. The number of rotatable bonds is 1. The molecule has 0 spiro atoms. The van der Waals surface area contributed by atoms with E-state index >= 15 is 0 Å². The number of hydrogen-bond acceptors (Lipinski definition) is 4. The third-order valence-electron chi connectivity index (χ3n) is 2.72. The normalized spacial score (nSPS) is 14.4. The fourth-order valence-corrected chi connectivity index (χ4v) is 1.89. The molecule has 0 radical (unpaired) electrons. The Morgan fingerprint density at radius 2 is 2.07 bits per heavy atom. The lowest BCUT2D eigenvalue weighted by molar-refractivity contribution is 0.0984. The number of nitrogens with two attached hydrogens (primary N) is 1. The molecule has 0 unspecified atom stereocenters. The minimum absolute atomic E-state index is 0.171. The predicted molar refractivity (Wildman–Crippen MR) is 58.8 cm³/mol. The van der Waals surface area contributed by atoms with Gasteiger partial charge in [0.2, 0.25) is 5.78 Å². The second-order valence-corrected chi connectivity index (χ2v) is 3.50. The van der Waals surface area contributed by atoms with E-state index in [-0.39, 0.29) is 11.5 Å². The molecule has 0 atom stereocenters. The first kappa shape index (κ1) is 9.58. The molecule has 4 N–H and O–H groups in total. The van der Waals surface area contributed by atoms with E-state index in [1.54, 1.807) is 19.2 Å². The summed E-state index contributed by atoms with van der Waals surface area (Å²) in [6.07, 6.45) is 0. The third-order valence-corrected chi connectivity index (χ3v) is 2.72. The molecular weight excluding hydrogens is 192 g/mol. The van der Waals surface area contributed by atoms with E-state index in [1.807, 2.05) is 6.92 Å². The van der Waals surface area contributed by atoms with Crippen LogP contribution >= 0.6 is 0 Å². The molecule has 0 heterocycles. The summed E-state index contributed by atoms with van der Waals surface area (Å²) in [4.78, 5) is 11.6.